The summed E-state index contributed by atoms with van der Waals surface area (Å²) < 4.78 is 41.4. The Balaban J connectivity index is 1.76. The molecule has 8 heteroatoms. The number of benzene rings is 1. The normalized spacial score (nSPS) is 17.9. The molecule has 1 fully saturated rings. The minimum Gasteiger partial charge on any atom is -0.406 e. The molecule has 4 nitrogen and oxygen atoms in total. The number of ether oxygens (including phenoxy) is 1. The van der Waals surface area contributed by atoms with Crippen LogP contribution in [0.4, 0.5) is 18.3 Å². The molecule has 1 aliphatic rings. The molecule has 136 valence electrons. The van der Waals surface area contributed by atoms with E-state index in [1.807, 2.05) is 6.92 Å². The van der Waals surface area contributed by atoms with Crippen molar-refractivity contribution in [3.8, 4) is 5.75 Å². The van der Waals surface area contributed by atoms with Gasteiger partial charge in [-0.15, -0.1) is 13.2 Å². The molecule has 1 aliphatic carbocycles. The molecule has 1 aromatic heterocycles. The van der Waals surface area contributed by atoms with Gasteiger partial charge in [0.05, 0.1) is 10.2 Å². The summed E-state index contributed by atoms with van der Waals surface area (Å²) in [6, 6.07) is 3.95. The maximum Gasteiger partial charge on any atom is 0.573 e. The predicted octanol–water partition coefficient (Wildman–Crippen LogP) is 5.49. The summed E-state index contributed by atoms with van der Waals surface area (Å²) in [5.41, 5.74) is 0.111. The maximum absolute atomic E-state index is 12.7. The fraction of sp³-hybridized carbons (Fsp3) is 0.529. The van der Waals surface area contributed by atoms with Crippen molar-refractivity contribution in [3.05, 3.63) is 18.2 Å². The first-order valence-corrected chi connectivity index (χ1v) is 9.05. The average Bonchev–Trinajstić information content (AvgIpc) is 2.76. The number of amides is 1. The lowest BCUT2D eigenvalue weighted by molar-refractivity contribution is -0.274. The SMILES string of the molecule is CC1(C(=O)Nc2nc3ccc(OC(F)(F)F)cc3s2)CCCCCC1. The second-order valence-corrected chi connectivity index (χ2v) is 7.66. The van der Waals surface area contributed by atoms with E-state index in [0.29, 0.717) is 15.3 Å². The molecule has 25 heavy (non-hydrogen) atoms. The van der Waals surface area contributed by atoms with Gasteiger partial charge in [-0.2, -0.15) is 0 Å². The van der Waals surface area contributed by atoms with E-state index in [-0.39, 0.29) is 11.7 Å². The molecule has 3 rings (SSSR count). The van der Waals surface area contributed by atoms with Gasteiger partial charge < -0.3 is 10.1 Å². The molecular formula is C17H19F3N2O2S. The molecule has 0 bridgehead atoms. The molecule has 0 aliphatic heterocycles. The van der Waals surface area contributed by atoms with Crippen LogP contribution in [0.5, 0.6) is 5.75 Å². The third kappa shape index (κ3) is 4.42. The van der Waals surface area contributed by atoms with Gasteiger partial charge in [-0.3, -0.25) is 4.79 Å². The number of thiazole rings is 1. The highest BCUT2D eigenvalue weighted by molar-refractivity contribution is 7.22. The van der Waals surface area contributed by atoms with Gasteiger partial charge in [0.15, 0.2) is 5.13 Å². The lowest BCUT2D eigenvalue weighted by Crippen LogP contribution is -2.33. The summed E-state index contributed by atoms with van der Waals surface area (Å²) in [7, 11) is 0. The molecule has 2 aromatic rings. The van der Waals surface area contributed by atoms with Crippen LogP contribution in [0.2, 0.25) is 0 Å². The number of hydrogen-bond donors (Lipinski definition) is 1. The highest BCUT2D eigenvalue weighted by Crippen LogP contribution is 2.37. The third-order valence-corrected chi connectivity index (χ3v) is 5.50. The quantitative estimate of drug-likeness (QED) is 0.725. The van der Waals surface area contributed by atoms with Crippen molar-refractivity contribution in [1.29, 1.82) is 0 Å². The number of halogens is 3. The van der Waals surface area contributed by atoms with Crippen molar-refractivity contribution < 1.29 is 22.7 Å². The third-order valence-electron chi connectivity index (χ3n) is 4.57. The van der Waals surface area contributed by atoms with Gasteiger partial charge in [0.1, 0.15) is 5.75 Å². The standard InChI is InChI=1S/C17H19F3N2O2S/c1-16(8-4-2-3-5-9-16)14(23)22-15-21-12-7-6-11(10-13(12)25-15)24-17(18,19)20/h6-7,10H,2-5,8-9H2,1H3,(H,21,22,23). The monoisotopic (exact) mass is 372 g/mol. The summed E-state index contributed by atoms with van der Waals surface area (Å²) in [5, 5.41) is 3.24. The molecule has 0 atom stereocenters. The number of anilines is 1. The Morgan fingerprint density at radius 1 is 1.24 bits per heavy atom. The number of carbonyl (C=O) groups is 1. The van der Waals surface area contributed by atoms with Gasteiger partial charge in [0, 0.05) is 11.5 Å². The highest BCUT2D eigenvalue weighted by Gasteiger charge is 2.34. The van der Waals surface area contributed by atoms with Gasteiger partial charge in [-0.25, -0.2) is 4.98 Å². The Morgan fingerprint density at radius 3 is 2.56 bits per heavy atom. The zero-order valence-electron chi connectivity index (χ0n) is 13.8. The van der Waals surface area contributed by atoms with Crippen molar-refractivity contribution in [3.63, 3.8) is 0 Å². The van der Waals surface area contributed by atoms with Gasteiger partial charge >= 0.3 is 6.36 Å². The van der Waals surface area contributed by atoms with Crippen LogP contribution in [-0.4, -0.2) is 17.3 Å². The number of rotatable bonds is 3. The first-order valence-electron chi connectivity index (χ1n) is 8.23. The zero-order chi connectivity index (χ0) is 18.1. The van der Waals surface area contributed by atoms with Crippen LogP contribution in [0.25, 0.3) is 10.2 Å². The van der Waals surface area contributed by atoms with Gasteiger partial charge in [-0.05, 0) is 25.0 Å². The van der Waals surface area contributed by atoms with Crippen LogP contribution in [0, 0.1) is 5.41 Å². The van der Waals surface area contributed by atoms with E-state index >= 15 is 0 Å². The summed E-state index contributed by atoms with van der Waals surface area (Å²) >= 11 is 1.14. The number of carbonyl (C=O) groups excluding carboxylic acids is 1. The molecular weight excluding hydrogens is 353 g/mol. The number of nitrogens with one attached hydrogen (secondary N) is 1. The van der Waals surface area contributed by atoms with Crippen molar-refractivity contribution >= 4 is 32.6 Å². The molecule has 0 radical (unpaired) electrons. The minimum atomic E-state index is -4.73. The van der Waals surface area contributed by atoms with E-state index in [2.05, 4.69) is 15.0 Å². The highest BCUT2D eigenvalue weighted by atomic mass is 32.1. The molecule has 1 heterocycles. The summed E-state index contributed by atoms with van der Waals surface area (Å²) in [6.45, 7) is 1.97. The largest absolute Gasteiger partial charge is 0.573 e. The molecule has 1 amide bonds. The lowest BCUT2D eigenvalue weighted by Gasteiger charge is -2.25. The maximum atomic E-state index is 12.7. The Morgan fingerprint density at radius 2 is 1.92 bits per heavy atom. The first kappa shape index (κ1) is 18.0. The fourth-order valence-electron chi connectivity index (χ4n) is 3.14. The fourth-order valence-corrected chi connectivity index (χ4v) is 4.03. The number of hydrogen-bond acceptors (Lipinski definition) is 4. The molecule has 1 N–H and O–H groups in total. The van der Waals surface area contributed by atoms with Crippen molar-refractivity contribution in [1.82, 2.24) is 4.98 Å². The molecule has 1 saturated carbocycles. The Kier molecular flexibility index (Phi) is 4.90. The predicted molar refractivity (Wildman–Crippen MR) is 90.7 cm³/mol. The van der Waals surface area contributed by atoms with Crippen molar-refractivity contribution in [2.24, 2.45) is 5.41 Å². The molecule has 1 aromatic carbocycles. The van der Waals surface area contributed by atoms with Crippen LogP contribution >= 0.6 is 11.3 Å². The zero-order valence-corrected chi connectivity index (χ0v) is 14.6. The first-order chi connectivity index (χ1) is 11.8. The number of alkyl halides is 3. The van der Waals surface area contributed by atoms with E-state index < -0.39 is 11.8 Å². The second-order valence-electron chi connectivity index (χ2n) is 6.63. The van der Waals surface area contributed by atoms with Crippen LogP contribution < -0.4 is 10.1 Å². The van der Waals surface area contributed by atoms with Crippen molar-refractivity contribution in [2.75, 3.05) is 5.32 Å². The molecule has 0 spiro atoms. The van der Waals surface area contributed by atoms with E-state index in [9.17, 15) is 18.0 Å². The van der Waals surface area contributed by atoms with E-state index in [1.54, 1.807) is 0 Å². The summed E-state index contributed by atoms with van der Waals surface area (Å²) in [4.78, 5) is 16.9. The number of fused-ring (bicyclic) bond motifs is 1. The van der Waals surface area contributed by atoms with E-state index in [0.717, 1.165) is 49.9 Å². The Hall–Kier alpha value is -1.83. The topological polar surface area (TPSA) is 51.2 Å². The Bertz CT molecular complexity index is 765. The Labute approximate surface area is 147 Å². The average molecular weight is 372 g/mol. The van der Waals surface area contributed by atoms with Crippen LogP contribution in [-0.2, 0) is 4.79 Å². The van der Waals surface area contributed by atoms with Gasteiger partial charge in [-0.1, -0.05) is 43.9 Å². The van der Waals surface area contributed by atoms with Gasteiger partial charge in [0.25, 0.3) is 0 Å². The number of nitrogens with zero attached hydrogens (tertiary/aromatic N) is 1. The molecule has 0 saturated heterocycles. The lowest BCUT2D eigenvalue weighted by atomic mass is 9.82. The van der Waals surface area contributed by atoms with Crippen LogP contribution in [0.3, 0.4) is 0 Å². The molecule has 0 unspecified atom stereocenters. The summed E-state index contributed by atoms with van der Waals surface area (Å²) in [5.74, 6) is -0.363. The van der Waals surface area contributed by atoms with Crippen LogP contribution in [0.15, 0.2) is 18.2 Å². The van der Waals surface area contributed by atoms with E-state index in [4.69, 9.17) is 0 Å². The van der Waals surface area contributed by atoms with E-state index in [1.165, 1.54) is 18.2 Å². The smallest absolute Gasteiger partial charge is 0.406 e. The minimum absolute atomic E-state index is 0.0692. The second kappa shape index (κ2) is 6.82. The summed E-state index contributed by atoms with van der Waals surface area (Å²) in [6.07, 6.45) is 1.30. The van der Waals surface area contributed by atoms with Crippen LogP contribution in [0.1, 0.15) is 45.4 Å². The van der Waals surface area contributed by atoms with Crippen molar-refractivity contribution in [2.45, 2.75) is 51.8 Å². The number of aromatic nitrogens is 1. The van der Waals surface area contributed by atoms with Gasteiger partial charge in [0.2, 0.25) is 5.91 Å².